The molecule has 1 aliphatic heterocycles. The lowest BCUT2D eigenvalue weighted by atomic mass is 9.73. The molecule has 0 saturated carbocycles. The first-order valence-corrected chi connectivity index (χ1v) is 6.76. The zero-order valence-electron chi connectivity index (χ0n) is 11.8. The Morgan fingerprint density at radius 2 is 1.90 bits per heavy atom. The predicted octanol–water partition coefficient (Wildman–Crippen LogP) is 3.83. The van der Waals surface area contributed by atoms with Gasteiger partial charge in [-0.15, -0.1) is 0 Å². The summed E-state index contributed by atoms with van der Waals surface area (Å²) in [7, 11) is 0. The first kappa shape index (κ1) is 15.2. The molecule has 0 bridgehead atoms. The van der Waals surface area contributed by atoms with Crippen LogP contribution in [0.25, 0.3) is 0 Å². The summed E-state index contributed by atoms with van der Waals surface area (Å²) in [5, 5.41) is 0. The molecule has 5 heteroatoms. The fraction of sp³-hybridized carbons (Fsp3) is 0.600. The van der Waals surface area contributed by atoms with Crippen molar-refractivity contribution >= 4 is 0 Å². The van der Waals surface area contributed by atoms with Crippen LogP contribution in [0.2, 0.25) is 0 Å². The number of hydrogen-bond acceptors (Lipinski definition) is 2. The number of rotatable bonds is 3. The van der Waals surface area contributed by atoms with Gasteiger partial charge < -0.3 is 10.5 Å². The normalized spacial score (nSPS) is 24.9. The highest BCUT2D eigenvalue weighted by Crippen LogP contribution is 2.41. The molecule has 1 aromatic carbocycles. The SMILES string of the molecule is CC1(C)Oc2ccccc2CC1(N)CCCC(F)(F)F. The molecule has 0 saturated heterocycles. The van der Waals surface area contributed by atoms with E-state index in [1.54, 1.807) is 0 Å². The van der Waals surface area contributed by atoms with E-state index in [9.17, 15) is 13.2 Å². The van der Waals surface area contributed by atoms with E-state index in [4.69, 9.17) is 10.5 Å². The maximum atomic E-state index is 12.3. The molecular weight excluding hydrogens is 267 g/mol. The van der Waals surface area contributed by atoms with Crippen molar-refractivity contribution in [2.24, 2.45) is 5.73 Å². The van der Waals surface area contributed by atoms with E-state index < -0.39 is 23.7 Å². The van der Waals surface area contributed by atoms with Gasteiger partial charge in [-0.3, -0.25) is 0 Å². The van der Waals surface area contributed by atoms with Crippen LogP contribution in [0, 0.1) is 0 Å². The second-order valence-electron chi connectivity index (χ2n) is 6.02. The molecule has 20 heavy (non-hydrogen) atoms. The van der Waals surface area contributed by atoms with E-state index in [1.165, 1.54) is 0 Å². The Hall–Kier alpha value is -1.23. The van der Waals surface area contributed by atoms with Gasteiger partial charge in [-0.25, -0.2) is 0 Å². The third-order valence-corrected chi connectivity index (χ3v) is 4.13. The quantitative estimate of drug-likeness (QED) is 0.917. The topological polar surface area (TPSA) is 35.2 Å². The predicted molar refractivity (Wildman–Crippen MR) is 71.7 cm³/mol. The fourth-order valence-corrected chi connectivity index (χ4v) is 2.67. The summed E-state index contributed by atoms with van der Waals surface area (Å²) in [5.41, 5.74) is 5.88. The van der Waals surface area contributed by atoms with E-state index in [2.05, 4.69) is 0 Å². The average molecular weight is 287 g/mol. The standard InChI is InChI=1S/C15H20F3NO/c1-13(2)14(19,8-5-9-15(16,17)18)10-11-6-3-4-7-12(11)20-13/h3-4,6-7H,5,8-10,19H2,1-2H3. The summed E-state index contributed by atoms with van der Waals surface area (Å²) in [6.45, 7) is 3.69. The first-order valence-electron chi connectivity index (χ1n) is 6.76. The summed E-state index contributed by atoms with van der Waals surface area (Å²) in [4.78, 5) is 0. The average Bonchev–Trinajstić information content (AvgIpc) is 2.28. The van der Waals surface area contributed by atoms with E-state index in [-0.39, 0.29) is 12.8 Å². The highest BCUT2D eigenvalue weighted by atomic mass is 19.4. The van der Waals surface area contributed by atoms with Gasteiger partial charge in [0.05, 0.1) is 5.54 Å². The number of benzene rings is 1. The van der Waals surface area contributed by atoms with Crippen molar-refractivity contribution in [1.82, 2.24) is 0 Å². The van der Waals surface area contributed by atoms with Crippen molar-refractivity contribution in [3.63, 3.8) is 0 Å². The molecule has 1 unspecified atom stereocenters. The molecule has 2 N–H and O–H groups in total. The number of alkyl halides is 3. The molecule has 1 aromatic rings. The molecule has 1 atom stereocenters. The van der Waals surface area contributed by atoms with Crippen molar-refractivity contribution in [2.75, 3.05) is 0 Å². The second-order valence-corrected chi connectivity index (χ2v) is 6.02. The first-order chi connectivity index (χ1) is 9.13. The minimum absolute atomic E-state index is 0.0228. The Kier molecular flexibility index (Phi) is 3.75. The van der Waals surface area contributed by atoms with Crippen LogP contribution in [-0.4, -0.2) is 17.3 Å². The van der Waals surface area contributed by atoms with Gasteiger partial charge >= 0.3 is 6.18 Å². The van der Waals surface area contributed by atoms with Crippen molar-refractivity contribution in [1.29, 1.82) is 0 Å². The number of fused-ring (bicyclic) bond motifs is 1. The van der Waals surface area contributed by atoms with Crippen LogP contribution in [0.5, 0.6) is 5.75 Å². The largest absolute Gasteiger partial charge is 0.486 e. The Morgan fingerprint density at radius 3 is 2.55 bits per heavy atom. The van der Waals surface area contributed by atoms with Crippen LogP contribution in [0.1, 0.15) is 38.7 Å². The van der Waals surface area contributed by atoms with Gasteiger partial charge in [0.25, 0.3) is 0 Å². The van der Waals surface area contributed by atoms with Gasteiger partial charge in [0, 0.05) is 6.42 Å². The van der Waals surface area contributed by atoms with E-state index in [0.29, 0.717) is 6.42 Å². The lowest BCUT2D eigenvalue weighted by molar-refractivity contribution is -0.137. The Labute approximate surface area is 117 Å². The summed E-state index contributed by atoms with van der Waals surface area (Å²) < 4.78 is 42.8. The molecule has 2 rings (SSSR count). The smallest absolute Gasteiger partial charge is 0.389 e. The van der Waals surface area contributed by atoms with E-state index in [1.807, 2.05) is 38.1 Å². The summed E-state index contributed by atoms with van der Waals surface area (Å²) in [6, 6.07) is 7.54. The molecular formula is C15H20F3NO. The maximum Gasteiger partial charge on any atom is 0.389 e. The Balaban J connectivity index is 2.14. The van der Waals surface area contributed by atoms with Crippen LogP contribution in [0.4, 0.5) is 13.2 Å². The molecule has 112 valence electrons. The summed E-state index contributed by atoms with van der Waals surface area (Å²) >= 11 is 0. The molecule has 1 aliphatic rings. The van der Waals surface area contributed by atoms with Crippen LogP contribution in [0.3, 0.4) is 0 Å². The fourth-order valence-electron chi connectivity index (χ4n) is 2.67. The molecule has 0 amide bonds. The Bertz CT molecular complexity index is 484. The van der Waals surface area contributed by atoms with Gasteiger partial charge in [-0.2, -0.15) is 13.2 Å². The third kappa shape index (κ3) is 3.08. The van der Waals surface area contributed by atoms with Crippen molar-refractivity contribution in [3.8, 4) is 5.75 Å². The van der Waals surface area contributed by atoms with Gasteiger partial charge in [0.2, 0.25) is 0 Å². The number of nitrogens with two attached hydrogens (primary N) is 1. The van der Waals surface area contributed by atoms with Gasteiger partial charge in [0.1, 0.15) is 11.4 Å². The van der Waals surface area contributed by atoms with Gasteiger partial charge in [0.15, 0.2) is 0 Å². The zero-order valence-corrected chi connectivity index (χ0v) is 11.8. The summed E-state index contributed by atoms with van der Waals surface area (Å²) in [5.74, 6) is 0.773. The maximum absolute atomic E-state index is 12.3. The van der Waals surface area contributed by atoms with Crippen molar-refractivity contribution < 1.29 is 17.9 Å². The van der Waals surface area contributed by atoms with Crippen LogP contribution in [0.15, 0.2) is 24.3 Å². The highest BCUT2D eigenvalue weighted by molar-refractivity contribution is 5.39. The van der Waals surface area contributed by atoms with Crippen LogP contribution >= 0.6 is 0 Å². The monoisotopic (exact) mass is 287 g/mol. The number of ether oxygens (including phenoxy) is 1. The van der Waals surface area contributed by atoms with E-state index in [0.717, 1.165) is 11.3 Å². The molecule has 2 nitrogen and oxygen atoms in total. The second kappa shape index (κ2) is 4.95. The van der Waals surface area contributed by atoms with Crippen LogP contribution < -0.4 is 10.5 Å². The highest BCUT2D eigenvalue weighted by Gasteiger charge is 2.47. The number of para-hydroxylation sites is 1. The molecule has 1 heterocycles. The molecule has 0 fully saturated rings. The third-order valence-electron chi connectivity index (χ3n) is 4.13. The van der Waals surface area contributed by atoms with Crippen molar-refractivity contribution in [2.45, 2.75) is 56.8 Å². The summed E-state index contributed by atoms with van der Waals surface area (Å²) in [6.07, 6.45) is -4.09. The number of hydrogen-bond donors (Lipinski definition) is 1. The molecule has 0 aliphatic carbocycles. The van der Waals surface area contributed by atoms with Crippen molar-refractivity contribution in [3.05, 3.63) is 29.8 Å². The minimum atomic E-state index is -4.13. The Morgan fingerprint density at radius 1 is 1.25 bits per heavy atom. The van der Waals surface area contributed by atoms with Gasteiger partial charge in [-0.05, 0) is 44.7 Å². The zero-order chi connectivity index (χ0) is 15.0. The lowest BCUT2D eigenvalue weighted by Gasteiger charge is -2.48. The molecule has 0 radical (unpaired) electrons. The van der Waals surface area contributed by atoms with Gasteiger partial charge in [-0.1, -0.05) is 18.2 Å². The van der Waals surface area contributed by atoms with E-state index >= 15 is 0 Å². The lowest BCUT2D eigenvalue weighted by Crippen LogP contribution is -2.63. The molecule has 0 spiro atoms. The van der Waals surface area contributed by atoms with Crippen LogP contribution in [-0.2, 0) is 6.42 Å². The molecule has 0 aromatic heterocycles. The minimum Gasteiger partial charge on any atom is -0.486 e. The number of halogens is 3.